The first-order valence-corrected chi connectivity index (χ1v) is 14.7. The Hall–Kier alpha value is -4.80. The van der Waals surface area contributed by atoms with Gasteiger partial charge < -0.3 is 23.8 Å². The van der Waals surface area contributed by atoms with Gasteiger partial charge >= 0.3 is 17.9 Å². The molecule has 0 amide bonds. The van der Waals surface area contributed by atoms with Crippen molar-refractivity contribution in [3.8, 4) is 0 Å². The third kappa shape index (κ3) is 7.97. The molecule has 0 aliphatic carbocycles. The van der Waals surface area contributed by atoms with Gasteiger partial charge in [-0.1, -0.05) is 106 Å². The van der Waals surface area contributed by atoms with E-state index in [1.165, 1.54) is 0 Å². The lowest BCUT2D eigenvalue weighted by molar-refractivity contribution is -0.120. The largest absolute Gasteiger partial charge is 0.459 e. The van der Waals surface area contributed by atoms with Crippen LogP contribution in [-0.2, 0) is 30.4 Å². The van der Waals surface area contributed by atoms with E-state index in [-0.39, 0.29) is 30.1 Å². The Labute approximate surface area is 262 Å². The minimum Gasteiger partial charge on any atom is -0.459 e. The van der Waals surface area contributed by atoms with Crippen molar-refractivity contribution in [1.29, 1.82) is 0 Å². The monoisotopic (exact) mass is 657 g/mol. The number of alkyl halides is 1. The Morgan fingerprint density at radius 3 is 1.68 bits per heavy atom. The predicted molar refractivity (Wildman–Crippen MR) is 164 cm³/mol. The van der Waals surface area contributed by atoms with Crippen molar-refractivity contribution in [2.75, 3.05) is 6.61 Å². The second kappa shape index (κ2) is 15.1. The van der Waals surface area contributed by atoms with Crippen LogP contribution in [0.2, 0.25) is 0 Å². The lowest BCUT2D eigenvalue weighted by atomic mass is 10.00. The van der Waals surface area contributed by atoms with Crippen molar-refractivity contribution in [2.45, 2.75) is 29.9 Å². The van der Waals surface area contributed by atoms with Crippen molar-refractivity contribution in [1.82, 2.24) is 0 Å². The first kappa shape index (κ1) is 30.7. The van der Waals surface area contributed by atoms with Gasteiger partial charge in [0, 0.05) is 0 Å². The zero-order valence-electron chi connectivity index (χ0n) is 23.4. The number of rotatable bonds is 10. The second-order valence-electron chi connectivity index (χ2n) is 9.66. The Morgan fingerprint density at radius 1 is 0.659 bits per heavy atom. The molecule has 9 nitrogen and oxygen atoms in total. The van der Waals surface area contributed by atoms with Crippen molar-refractivity contribution in [3.63, 3.8) is 0 Å². The number of benzene rings is 4. The van der Waals surface area contributed by atoms with E-state index in [2.05, 4.69) is 21.1 Å². The van der Waals surface area contributed by atoms with Crippen LogP contribution in [0, 0.1) is 0 Å². The van der Waals surface area contributed by atoms with Crippen LogP contribution >= 0.6 is 15.9 Å². The summed E-state index contributed by atoms with van der Waals surface area (Å²) >= 11 is 3.45. The summed E-state index contributed by atoms with van der Waals surface area (Å²) in [5.41, 5.74) is 1.84. The summed E-state index contributed by atoms with van der Waals surface area (Å²) in [6.45, 7) is -0.198. The fourth-order valence-corrected chi connectivity index (χ4v) is 5.00. The first-order chi connectivity index (χ1) is 21.5. The molecule has 1 fully saturated rings. The standard InChI is InChI=1S/C34H28BrNO8/c35-31-28(36-41-21-23-13-5-1-6-14-23)30(44-34(39)26-19-11-4-12-20-26)29(43-33(38)25-17-9-3-10-18-25)27(42-31)22-40-32(37)24-15-7-2-8-16-24/h1-20,27,29-31H,21-22H2/b36-28+/t27-,29-,30+,31+/m1/s1. The molecule has 0 radical (unpaired) electrons. The number of esters is 3. The summed E-state index contributed by atoms with van der Waals surface area (Å²) in [7, 11) is 0. The van der Waals surface area contributed by atoms with Gasteiger partial charge in [-0.25, -0.2) is 14.4 Å². The molecule has 1 aliphatic rings. The van der Waals surface area contributed by atoms with Crippen LogP contribution in [-0.4, -0.2) is 53.6 Å². The number of nitrogens with zero attached hydrogens (tertiary/aromatic N) is 1. The molecule has 1 heterocycles. The summed E-state index contributed by atoms with van der Waals surface area (Å²) in [6, 6.07) is 34.5. The smallest absolute Gasteiger partial charge is 0.338 e. The fourth-order valence-electron chi connectivity index (χ4n) is 4.38. The van der Waals surface area contributed by atoms with Crippen molar-refractivity contribution < 1.29 is 38.2 Å². The molecule has 1 aliphatic heterocycles. The molecule has 0 N–H and O–H groups in total. The van der Waals surface area contributed by atoms with E-state index in [0.29, 0.717) is 5.56 Å². The number of ether oxygens (including phenoxy) is 4. The van der Waals surface area contributed by atoms with E-state index < -0.39 is 41.2 Å². The van der Waals surface area contributed by atoms with E-state index in [1.807, 2.05) is 30.3 Å². The highest BCUT2D eigenvalue weighted by atomic mass is 79.9. The number of carbonyl (C=O) groups is 3. The zero-order valence-corrected chi connectivity index (χ0v) is 24.9. The lowest BCUT2D eigenvalue weighted by Crippen LogP contribution is -2.58. The molecule has 0 saturated carbocycles. The van der Waals surface area contributed by atoms with Gasteiger partial charge in [0.05, 0.1) is 16.7 Å². The quantitative estimate of drug-likeness (QED) is 0.0886. The van der Waals surface area contributed by atoms with E-state index >= 15 is 0 Å². The van der Waals surface area contributed by atoms with Gasteiger partial charge in [0.15, 0.2) is 17.2 Å². The number of hydrogen-bond donors (Lipinski definition) is 0. The van der Waals surface area contributed by atoms with Crippen molar-refractivity contribution >= 4 is 39.5 Å². The maximum atomic E-state index is 13.3. The highest BCUT2D eigenvalue weighted by Crippen LogP contribution is 2.29. The van der Waals surface area contributed by atoms with Gasteiger partial charge in [0.25, 0.3) is 0 Å². The van der Waals surface area contributed by atoms with E-state index in [1.54, 1.807) is 91.0 Å². The zero-order chi connectivity index (χ0) is 30.7. The van der Waals surface area contributed by atoms with Gasteiger partial charge in [-0.05, 0) is 42.0 Å². The first-order valence-electron chi connectivity index (χ1n) is 13.8. The molecule has 4 atom stereocenters. The predicted octanol–water partition coefficient (Wildman–Crippen LogP) is 5.99. The molecule has 0 aromatic heterocycles. The normalized spacial score (nSPS) is 20.3. The van der Waals surface area contributed by atoms with E-state index in [4.69, 9.17) is 23.8 Å². The summed E-state index contributed by atoms with van der Waals surface area (Å²) in [4.78, 5) is 45.0. The van der Waals surface area contributed by atoms with Crippen molar-refractivity contribution in [3.05, 3.63) is 144 Å². The van der Waals surface area contributed by atoms with Gasteiger partial charge in [0.1, 0.15) is 25.0 Å². The van der Waals surface area contributed by atoms with Crippen LogP contribution in [0.25, 0.3) is 0 Å². The maximum absolute atomic E-state index is 13.3. The number of halogens is 1. The molecule has 5 rings (SSSR count). The molecular weight excluding hydrogens is 630 g/mol. The van der Waals surface area contributed by atoms with Crippen molar-refractivity contribution in [2.24, 2.45) is 5.16 Å². The lowest BCUT2D eigenvalue weighted by Gasteiger charge is -2.39. The molecule has 0 bridgehead atoms. The van der Waals surface area contributed by atoms with E-state index in [9.17, 15) is 14.4 Å². The maximum Gasteiger partial charge on any atom is 0.338 e. The molecular formula is C34H28BrNO8. The number of carbonyl (C=O) groups excluding carboxylic acids is 3. The van der Waals surface area contributed by atoms with Gasteiger partial charge in [-0.3, -0.25) is 0 Å². The Kier molecular flexibility index (Phi) is 10.5. The minimum absolute atomic E-state index is 0.113. The van der Waals surface area contributed by atoms with Crippen LogP contribution < -0.4 is 0 Å². The van der Waals surface area contributed by atoms with Crippen LogP contribution in [0.1, 0.15) is 36.6 Å². The topological polar surface area (TPSA) is 110 Å². The van der Waals surface area contributed by atoms with Crippen LogP contribution in [0.3, 0.4) is 0 Å². The third-order valence-corrected chi connectivity index (χ3v) is 7.30. The molecule has 0 spiro atoms. The van der Waals surface area contributed by atoms with Gasteiger partial charge in [0.2, 0.25) is 0 Å². The Balaban J connectivity index is 1.46. The highest BCUT2D eigenvalue weighted by Gasteiger charge is 2.49. The fraction of sp³-hybridized carbons (Fsp3) is 0.176. The average molecular weight is 659 g/mol. The SMILES string of the molecule is O=C(OC[C@H]1O[C@H](Br)/C(=N/OCc2ccccc2)[C@H](OC(=O)c2ccccc2)[C@@H]1OC(=O)c1ccccc1)c1ccccc1. The summed E-state index contributed by atoms with van der Waals surface area (Å²) in [5, 5.41) is 3.32. The number of hydrogen-bond acceptors (Lipinski definition) is 9. The van der Waals surface area contributed by atoms with Crippen LogP contribution in [0.15, 0.2) is 126 Å². The summed E-state index contributed by atoms with van der Waals surface area (Å²) in [5.74, 6) is -1.98. The average Bonchev–Trinajstić information content (AvgIpc) is 3.07. The Bertz CT molecular complexity index is 1570. The molecule has 4 aromatic rings. The molecule has 1 saturated heterocycles. The van der Waals surface area contributed by atoms with Gasteiger partial charge in [-0.15, -0.1) is 0 Å². The summed E-state index contributed by atoms with van der Waals surface area (Å²) in [6.07, 6.45) is -3.60. The van der Waals surface area contributed by atoms with E-state index in [0.717, 1.165) is 5.56 Å². The highest BCUT2D eigenvalue weighted by molar-refractivity contribution is 9.09. The molecule has 10 heteroatoms. The summed E-state index contributed by atoms with van der Waals surface area (Å²) < 4.78 is 23.6. The van der Waals surface area contributed by atoms with Crippen LogP contribution in [0.4, 0.5) is 0 Å². The number of oxime groups is 1. The molecule has 224 valence electrons. The molecule has 4 aromatic carbocycles. The second-order valence-corrected chi connectivity index (χ2v) is 10.5. The minimum atomic E-state index is -1.27. The Morgan fingerprint density at radius 2 is 1.14 bits per heavy atom. The van der Waals surface area contributed by atoms with Crippen LogP contribution in [0.5, 0.6) is 0 Å². The van der Waals surface area contributed by atoms with Gasteiger partial charge in [-0.2, -0.15) is 0 Å². The third-order valence-electron chi connectivity index (χ3n) is 6.61. The molecule has 44 heavy (non-hydrogen) atoms. The molecule has 0 unspecified atom stereocenters.